The number of aryl methyl sites for hydroxylation is 1. The fraction of sp³-hybridized carbons (Fsp3) is 0.455. The predicted octanol–water partition coefficient (Wildman–Crippen LogP) is 3.41. The van der Waals surface area contributed by atoms with Crippen molar-refractivity contribution in [3.8, 4) is 0 Å². The van der Waals surface area contributed by atoms with Crippen molar-refractivity contribution < 1.29 is 13.2 Å². The van der Waals surface area contributed by atoms with Crippen LogP contribution in [0.15, 0.2) is 24.3 Å². The Kier molecular flexibility index (Phi) is 6.45. The summed E-state index contributed by atoms with van der Waals surface area (Å²) in [6, 6.07) is 5.30. The monoisotopic (exact) mass is 253 g/mol. The highest BCUT2D eigenvalue weighted by molar-refractivity contribution is 5.85. The van der Waals surface area contributed by atoms with Gasteiger partial charge < -0.3 is 5.73 Å². The molecule has 0 fully saturated rings. The summed E-state index contributed by atoms with van der Waals surface area (Å²) in [6.07, 6.45) is -1.63. The van der Waals surface area contributed by atoms with Crippen molar-refractivity contribution in [1.29, 1.82) is 0 Å². The molecule has 92 valence electrons. The number of unbranched alkanes of at least 4 members (excludes halogenated alkanes) is 1. The van der Waals surface area contributed by atoms with Crippen LogP contribution in [-0.2, 0) is 12.6 Å². The van der Waals surface area contributed by atoms with E-state index in [1.807, 2.05) is 0 Å². The fourth-order valence-electron chi connectivity index (χ4n) is 1.33. The van der Waals surface area contributed by atoms with Crippen LogP contribution in [0, 0.1) is 0 Å². The van der Waals surface area contributed by atoms with Gasteiger partial charge in [0.15, 0.2) is 0 Å². The lowest BCUT2D eigenvalue weighted by Crippen LogP contribution is -2.04. The largest absolute Gasteiger partial charge is 0.416 e. The number of nitrogens with two attached hydrogens (primary N) is 1. The van der Waals surface area contributed by atoms with Crippen LogP contribution in [0.3, 0.4) is 0 Å². The van der Waals surface area contributed by atoms with Gasteiger partial charge >= 0.3 is 6.18 Å². The molecule has 0 atom stereocenters. The Morgan fingerprint density at radius 2 is 1.56 bits per heavy atom. The van der Waals surface area contributed by atoms with Gasteiger partial charge in [0.05, 0.1) is 5.56 Å². The molecule has 0 aromatic heterocycles. The van der Waals surface area contributed by atoms with Gasteiger partial charge in [0.1, 0.15) is 0 Å². The smallest absolute Gasteiger partial charge is 0.330 e. The van der Waals surface area contributed by atoms with Gasteiger partial charge in [0.2, 0.25) is 0 Å². The molecule has 1 rings (SSSR count). The van der Waals surface area contributed by atoms with E-state index in [2.05, 4.69) is 0 Å². The summed E-state index contributed by atoms with van der Waals surface area (Å²) in [5, 5.41) is 0. The number of halogens is 4. The number of hydrogen-bond acceptors (Lipinski definition) is 1. The first kappa shape index (κ1) is 15.3. The fourth-order valence-corrected chi connectivity index (χ4v) is 1.33. The number of rotatable bonds is 4. The van der Waals surface area contributed by atoms with E-state index in [0.717, 1.165) is 37.0 Å². The van der Waals surface area contributed by atoms with Crippen LogP contribution in [0.2, 0.25) is 0 Å². The molecule has 1 aromatic carbocycles. The first-order valence-corrected chi connectivity index (χ1v) is 4.90. The number of benzene rings is 1. The average molecular weight is 254 g/mol. The molecular formula is C11H15ClF3N. The maximum absolute atomic E-state index is 12.2. The minimum atomic E-state index is -4.24. The Morgan fingerprint density at radius 1 is 1.00 bits per heavy atom. The van der Waals surface area contributed by atoms with Crippen LogP contribution >= 0.6 is 12.4 Å². The van der Waals surface area contributed by atoms with Gasteiger partial charge in [-0.3, -0.25) is 0 Å². The van der Waals surface area contributed by atoms with E-state index in [0.29, 0.717) is 6.54 Å². The maximum Gasteiger partial charge on any atom is 0.416 e. The minimum absolute atomic E-state index is 0. The van der Waals surface area contributed by atoms with E-state index < -0.39 is 11.7 Å². The molecule has 0 amide bonds. The first-order valence-electron chi connectivity index (χ1n) is 4.90. The Morgan fingerprint density at radius 3 is 2.00 bits per heavy atom. The van der Waals surface area contributed by atoms with Gasteiger partial charge in [0.25, 0.3) is 0 Å². The van der Waals surface area contributed by atoms with Crippen molar-refractivity contribution in [3.05, 3.63) is 35.4 Å². The SMILES string of the molecule is Cl.NCCCCc1ccc(C(F)(F)F)cc1. The Balaban J connectivity index is 0.00000225. The lowest BCUT2D eigenvalue weighted by Gasteiger charge is -2.07. The molecule has 0 aliphatic heterocycles. The molecule has 0 saturated carbocycles. The number of hydrogen-bond donors (Lipinski definition) is 1. The summed E-state index contributed by atoms with van der Waals surface area (Å²) in [7, 11) is 0. The van der Waals surface area contributed by atoms with Gasteiger partial charge in [-0.15, -0.1) is 12.4 Å². The van der Waals surface area contributed by atoms with Crippen LogP contribution < -0.4 is 5.73 Å². The van der Waals surface area contributed by atoms with E-state index in [1.165, 1.54) is 12.1 Å². The second-order valence-corrected chi connectivity index (χ2v) is 3.44. The van der Waals surface area contributed by atoms with Gasteiger partial charge in [-0.2, -0.15) is 13.2 Å². The van der Waals surface area contributed by atoms with Crippen LogP contribution in [0.25, 0.3) is 0 Å². The van der Waals surface area contributed by atoms with Crippen LogP contribution in [0.5, 0.6) is 0 Å². The van der Waals surface area contributed by atoms with Crippen LogP contribution in [-0.4, -0.2) is 6.54 Å². The van der Waals surface area contributed by atoms with Crippen molar-refractivity contribution in [3.63, 3.8) is 0 Å². The minimum Gasteiger partial charge on any atom is -0.330 e. The van der Waals surface area contributed by atoms with Gasteiger partial charge in [-0.05, 0) is 43.5 Å². The molecule has 0 heterocycles. The highest BCUT2D eigenvalue weighted by Gasteiger charge is 2.29. The van der Waals surface area contributed by atoms with Crippen molar-refractivity contribution in [2.24, 2.45) is 5.73 Å². The topological polar surface area (TPSA) is 26.0 Å². The van der Waals surface area contributed by atoms with Crippen molar-refractivity contribution >= 4 is 12.4 Å². The van der Waals surface area contributed by atoms with E-state index in [4.69, 9.17) is 5.73 Å². The predicted molar refractivity (Wildman–Crippen MR) is 60.7 cm³/mol. The third-order valence-electron chi connectivity index (χ3n) is 2.20. The molecule has 0 spiro atoms. The van der Waals surface area contributed by atoms with Crippen molar-refractivity contribution in [2.45, 2.75) is 25.4 Å². The highest BCUT2D eigenvalue weighted by Crippen LogP contribution is 2.29. The summed E-state index contributed by atoms with van der Waals surface area (Å²) < 4.78 is 36.6. The van der Waals surface area contributed by atoms with Gasteiger partial charge in [-0.25, -0.2) is 0 Å². The lowest BCUT2D eigenvalue weighted by molar-refractivity contribution is -0.137. The Bertz CT molecular complexity index is 295. The quantitative estimate of drug-likeness (QED) is 0.818. The van der Waals surface area contributed by atoms with E-state index in [9.17, 15) is 13.2 Å². The maximum atomic E-state index is 12.2. The average Bonchev–Trinajstić information content (AvgIpc) is 2.18. The third kappa shape index (κ3) is 4.86. The Hall–Kier alpha value is -0.740. The standard InChI is InChI=1S/C11H14F3N.ClH/c12-11(13,14)10-6-4-9(5-7-10)3-1-2-8-15;/h4-7H,1-3,8,15H2;1H. The summed E-state index contributed by atoms with van der Waals surface area (Å²) in [4.78, 5) is 0. The summed E-state index contributed by atoms with van der Waals surface area (Å²) in [5.41, 5.74) is 5.66. The molecule has 2 N–H and O–H groups in total. The third-order valence-corrected chi connectivity index (χ3v) is 2.20. The lowest BCUT2D eigenvalue weighted by atomic mass is 10.1. The molecular weight excluding hydrogens is 239 g/mol. The number of alkyl halides is 3. The molecule has 1 aromatic rings. The molecule has 16 heavy (non-hydrogen) atoms. The molecule has 0 aliphatic carbocycles. The van der Waals surface area contributed by atoms with E-state index in [-0.39, 0.29) is 12.4 Å². The van der Waals surface area contributed by atoms with Crippen molar-refractivity contribution in [2.75, 3.05) is 6.54 Å². The highest BCUT2D eigenvalue weighted by atomic mass is 35.5. The summed E-state index contributed by atoms with van der Waals surface area (Å²) >= 11 is 0. The molecule has 0 aliphatic rings. The van der Waals surface area contributed by atoms with Crippen LogP contribution in [0.4, 0.5) is 13.2 Å². The Labute approximate surface area is 99.2 Å². The van der Waals surface area contributed by atoms with Crippen molar-refractivity contribution in [1.82, 2.24) is 0 Å². The van der Waals surface area contributed by atoms with Gasteiger partial charge in [0, 0.05) is 0 Å². The molecule has 1 nitrogen and oxygen atoms in total. The van der Waals surface area contributed by atoms with Gasteiger partial charge in [-0.1, -0.05) is 12.1 Å². The zero-order chi connectivity index (χ0) is 11.3. The molecule has 0 saturated heterocycles. The van der Waals surface area contributed by atoms with E-state index in [1.54, 1.807) is 0 Å². The second kappa shape index (κ2) is 6.76. The molecule has 0 unspecified atom stereocenters. The zero-order valence-corrected chi connectivity index (χ0v) is 9.57. The van der Waals surface area contributed by atoms with Crippen LogP contribution in [0.1, 0.15) is 24.0 Å². The first-order chi connectivity index (χ1) is 7.04. The zero-order valence-electron chi connectivity index (χ0n) is 8.76. The van der Waals surface area contributed by atoms with E-state index >= 15 is 0 Å². The normalized spacial score (nSPS) is 11.0. The summed E-state index contributed by atoms with van der Waals surface area (Å²) in [5.74, 6) is 0. The summed E-state index contributed by atoms with van der Waals surface area (Å²) in [6.45, 7) is 0.626. The second-order valence-electron chi connectivity index (χ2n) is 3.44. The molecule has 0 bridgehead atoms. The molecule has 5 heteroatoms. The molecule has 0 radical (unpaired) electrons.